The monoisotopic (exact) mass is 1200 g/mol. The lowest BCUT2D eigenvalue weighted by Crippen LogP contribution is -2.44. The van der Waals surface area contributed by atoms with Crippen LogP contribution in [-0.4, -0.2) is 88.6 Å². The summed E-state index contributed by atoms with van der Waals surface area (Å²) >= 11 is 0. The molecule has 2 unspecified atom stereocenters. The molecule has 0 spiro atoms. The highest BCUT2D eigenvalue weighted by Crippen LogP contribution is 2.41. The van der Waals surface area contributed by atoms with E-state index in [1.165, 1.54) is 18.2 Å². The summed E-state index contributed by atoms with van der Waals surface area (Å²) in [5.74, 6) is -2.71. The Morgan fingerprint density at radius 1 is 0.588 bits per heavy atom. The summed E-state index contributed by atoms with van der Waals surface area (Å²) in [7, 11) is -4.57. The van der Waals surface area contributed by atoms with Crippen LogP contribution in [0.4, 0.5) is 0 Å². The van der Waals surface area contributed by atoms with Crippen LogP contribution in [0.2, 0.25) is 36.3 Å². The average Bonchev–Trinajstić information content (AvgIpc) is 1.90. The van der Waals surface area contributed by atoms with Crippen molar-refractivity contribution >= 4 is 52.5 Å². The fraction of sp³-hybridized carbons (Fsp3) is 0.420. The number of ether oxygens (including phenoxy) is 5. The number of rotatable bonds is 16. The van der Waals surface area contributed by atoms with Crippen molar-refractivity contribution in [3.8, 4) is 11.5 Å². The molecule has 0 saturated carbocycles. The standard InChI is InChI=1S/C36H46O7Si.C33H42O7Si/c1-8-24-40-32(37)23-15-21-29-25-31(42-34(38)28-18-10-9-11-19-28)26(2)16-12-13-17-27-20-14-22-30(33(27)35(39)41-29)43-44(6,7)36(3,4)5;1-23-14-10-11-15-24-18-12-20-27(40-41(5,6)33(2,3)4)30(24)32(37)38-26(19-13-21-29(34)35)22-28(23)39-31(36)25-16-8-7-9-17-25/h8-15,18-20,22-23,26,29,31H,1,16-17,21,24-25H2,2-7H3;7-13,16-18,20-21,23,26,28H,14-15,19,22H2,1-6H3,(H,34,35)/b13-12+,23-15+;11-10+,21-13+/t26-,29?,31+;23-,26?,28+/m00/s1. The van der Waals surface area contributed by atoms with Crippen LogP contribution in [-0.2, 0) is 46.1 Å². The molecule has 0 radical (unpaired) electrons. The number of allylic oxidation sites excluding steroid dienone is 4. The minimum absolute atomic E-state index is 0.0613. The Kier molecular flexibility index (Phi) is 25.3. The van der Waals surface area contributed by atoms with Crippen molar-refractivity contribution < 1.29 is 66.4 Å². The van der Waals surface area contributed by atoms with Gasteiger partial charge in [-0.2, -0.15) is 0 Å². The number of hydrogen-bond acceptors (Lipinski definition) is 13. The molecule has 0 fully saturated rings. The maximum Gasteiger partial charge on any atom is 0.342 e. The quantitative estimate of drug-likeness (QED) is 0.0367. The predicted molar refractivity (Wildman–Crippen MR) is 337 cm³/mol. The highest BCUT2D eigenvalue weighted by atomic mass is 28.4. The molecule has 6 atom stereocenters. The molecule has 2 aliphatic heterocycles. The fourth-order valence-corrected chi connectivity index (χ4v) is 10.9. The first-order valence-electron chi connectivity index (χ1n) is 29.3. The van der Waals surface area contributed by atoms with Crippen molar-refractivity contribution in [2.75, 3.05) is 6.61 Å². The predicted octanol–water partition coefficient (Wildman–Crippen LogP) is 15.4. The van der Waals surface area contributed by atoms with Crippen molar-refractivity contribution in [2.45, 2.75) is 167 Å². The van der Waals surface area contributed by atoms with Gasteiger partial charge in [-0.1, -0.05) is 165 Å². The Bertz CT molecular complexity index is 3040. The van der Waals surface area contributed by atoms with Crippen LogP contribution >= 0.6 is 0 Å². The highest BCUT2D eigenvalue weighted by Gasteiger charge is 2.42. The van der Waals surface area contributed by atoms with E-state index < -0.39 is 76.9 Å². The number of benzene rings is 4. The summed E-state index contributed by atoms with van der Waals surface area (Å²) in [5.41, 5.74) is 3.25. The van der Waals surface area contributed by atoms with Crippen LogP contribution in [0.1, 0.15) is 146 Å². The van der Waals surface area contributed by atoms with Gasteiger partial charge >= 0.3 is 35.8 Å². The van der Waals surface area contributed by atoms with Crippen LogP contribution in [0.15, 0.2) is 158 Å². The summed E-state index contributed by atoms with van der Waals surface area (Å²) in [4.78, 5) is 77.2. The molecule has 2 aliphatic rings. The number of aliphatic carboxylic acids is 1. The van der Waals surface area contributed by atoms with Crippen LogP contribution in [0.5, 0.6) is 11.5 Å². The largest absolute Gasteiger partial charge is 0.543 e. The van der Waals surface area contributed by atoms with E-state index in [9.17, 15) is 28.8 Å². The Balaban J connectivity index is 0.000000311. The number of carboxylic acids is 1. The van der Waals surface area contributed by atoms with Crippen molar-refractivity contribution in [3.63, 3.8) is 0 Å². The van der Waals surface area contributed by atoms with Gasteiger partial charge in [-0.05, 0) is 121 Å². The van der Waals surface area contributed by atoms with Crippen molar-refractivity contribution in [1.82, 2.24) is 0 Å². The molecule has 2 heterocycles. The van der Waals surface area contributed by atoms with Gasteiger partial charge in [-0.15, -0.1) is 0 Å². The third-order valence-electron chi connectivity index (χ3n) is 16.0. The molecule has 456 valence electrons. The van der Waals surface area contributed by atoms with Crippen LogP contribution in [0.3, 0.4) is 0 Å². The smallest absolute Gasteiger partial charge is 0.342 e. The third-order valence-corrected chi connectivity index (χ3v) is 24.7. The summed E-state index contributed by atoms with van der Waals surface area (Å²) in [6, 6.07) is 28.8. The number of fused-ring (bicyclic) bond motifs is 2. The number of carbonyl (C=O) groups is 6. The Morgan fingerprint density at radius 2 is 0.988 bits per heavy atom. The van der Waals surface area contributed by atoms with Gasteiger partial charge in [0.05, 0.1) is 11.1 Å². The number of hydrogen-bond donors (Lipinski definition) is 1. The van der Waals surface area contributed by atoms with E-state index in [2.05, 4.69) is 80.4 Å². The molecule has 4 aromatic rings. The van der Waals surface area contributed by atoms with Gasteiger partial charge in [0, 0.05) is 37.8 Å². The molecule has 6 rings (SSSR count). The summed E-state index contributed by atoms with van der Waals surface area (Å²) < 4.78 is 42.5. The number of carbonyl (C=O) groups excluding carboxylic acids is 5. The first kappa shape index (κ1) is 68.2. The second kappa shape index (κ2) is 31.5. The van der Waals surface area contributed by atoms with E-state index in [0.717, 1.165) is 17.2 Å². The molecule has 0 amide bonds. The zero-order chi connectivity index (χ0) is 62.5. The number of esters is 5. The highest BCUT2D eigenvalue weighted by molar-refractivity contribution is 6.75. The zero-order valence-electron chi connectivity index (χ0n) is 51.7. The van der Waals surface area contributed by atoms with Crippen molar-refractivity contribution in [3.05, 3.63) is 192 Å². The summed E-state index contributed by atoms with van der Waals surface area (Å²) in [5, 5.41) is 8.98. The third kappa shape index (κ3) is 20.9. The Morgan fingerprint density at radius 3 is 1.36 bits per heavy atom. The SMILES string of the molecule is C=CCOC(=O)/C=C/CC1C[C@@H](OC(=O)c2ccccc2)[C@@H](C)C/C=C/Cc2cccc(O[Si](C)(C)C(C)(C)C)c2C(=O)O1.C[C@H]1C/C=C/Cc2cccc(O[Si](C)(C)C(C)(C)C)c2C(=O)OC(C/C=C/C(=O)O)C[C@H]1OC(=O)c1ccccc1. The topological polar surface area (TPSA) is 187 Å². The first-order chi connectivity index (χ1) is 40.1. The average molecular weight is 1200 g/mol. The Labute approximate surface area is 505 Å². The normalized spacial score (nSPS) is 20.7. The second-order valence-corrected chi connectivity index (χ2v) is 34.2. The van der Waals surface area contributed by atoms with Crippen LogP contribution < -0.4 is 8.85 Å². The lowest BCUT2D eigenvalue weighted by Gasteiger charge is -2.37. The van der Waals surface area contributed by atoms with E-state index >= 15 is 0 Å². The molecular formula is C69H88O14Si2. The Hall–Kier alpha value is -7.57. The van der Waals surface area contributed by atoms with Gasteiger partial charge in [0.1, 0.15) is 53.6 Å². The maximum atomic E-state index is 14.0. The molecule has 14 nitrogen and oxygen atoms in total. The van der Waals surface area contributed by atoms with Gasteiger partial charge in [0.2, 0.25) is 0 Å². The minimum atomic E-state index is -2.29. The maximum absolute atomic E-state index is 14.0. The molecule has 0 aliphatic carbocycles. The van der Waals surface area contributed by atoms with Gasteiger partial charge in [0.15, 0.2) is 0 Å². The molecule has 0 aromatic heterocycles. The lowest BCUT2D eigenvalue weighted by atomic mass is 9.93. The van der Waals surface area contributed by atoms with Gasteiger partial charge in [-0.3, -0.25) is 0 Å². The van der Waals surface area contributed by atoms with E-state index in [0.29, 0.717) is 59.4 Å². The molecular weight excluding hydrogens is 1110 g/mol. The van der Waals surface area contributed by atoms with E-state index in [1.807, 2.05) is 80.6 Å². The van der Waals surface area contributed by atoms with E-state index in [-0.39, 0.29) is 54.2 Å². The fourth-order valence-electron chi connectivity index (χ4n) is 8.83. The second-order valence-electron chi connectivity index (χ2n) is 24.8. The van der Waals surface area contributed by atoms with Crippen molar-refractivity contribution in [2.24, 2.45) is 11.8 Å². The number of cyclic esters (lactones) is 2. The van der Waals surface area contributed by atoms with Crippen LogP contribution in [0, 0.1) is 11.8 Å². The first-order valence-corrected chi connectivity index (χ1v) is 35.1. The van der Waals surface area contributed by atoms with Gasteiger partial charge in [0.25, 0.3) is 16.6 Å². The molecule has 0 saturated heterocycles. The zero-order valence-corrected chi connectivity index (χ0v) is 53.7. The van der Waals surface area contributed by atoms with Crippen LogP contribution in [0.25, 0.3) is 0 Å². The molecule has 0 bridgehead atoms. The molecule has 16 heteroatoms. The lowest BCUT2D eigenvalue weighted by molar-refractivity contribution is -0.136. The van der Waals surface area contributed by atoms with E-state index in [1.54, 1.807) is 54.6 Å². The summed E-state index contributed by atoms with van der Waals surface area (Å²) in [6.07, 6.45) is 15.7. The minimum Gasteiger partial charge on any atom is -0.543 e. The van der Waals surface area contributed by atoms with Gasteiger partial charge in [-0.25, -0.2) is 28.8 Å². The summed E-state index contributed by atoms with van der Waals surface area (Å²) in [6.45, 7) is 29.0. The number of carboxylic acid groups (broad SMARTS) is 1. The van der Waals surface area contributed by atoms with Gasteiger partial charge < -0.3 is 37.6 Å². The van der Waals surface area contributed by atoms with E-state index in [4.69, 9.17) is 37.6 Å². The van der Waals surface area contributed by atoms with Crippen molar-refractivity contribution in [1.29, 1.82) is 0 Å². The molecule has 85 heavy (non-hydrogen) atoms. The molecule has 1 N–H and O–H groups in total. The molecule has 4 aromatic carbocycles.